The third-order valence-electron chi connectivity index (χ3n) is 3.42. The molecule has 0 atom stereocenters. The summed E-state index contributed by atoms with van der Waals surface area (Å²) in [7, 11) is 0. The zero-order chi connectivity index (χ0) is 11.1. The molecule has 1 amide bonds. The van der Waals surface area contributed by atoms with Crippen molar-refractivity contribution in [2.45, 2.75) is 25.7 Å². The van der Waals surface area contributed by atoms with Crippen LogP contribution in [0.2, 0.25) is 0 Å². The van der Waals surface area contributed by atoms with Crippen molar-refractivity contribution in [1.82, 2.24) is 0 Å². The van der Waals surface area contributed by atoms with E-state index in [1.807, 2.05) is 17.0 Å². The number of benzene rings is 1. The summed E-state index contributed by atoms with van der Waals surface area (Å²) in [6.07, 6.45) is 4.25. The molecule has 2 N–H and O–H groups in total. The molecule has 1 heterocycles. The molecule has 1 aromatic rings. The number of fused-ring (bicyclic) bond motifs is 1. The maximum absolute atomic E-state index is 12.1. The quantitative estimate of drug-likeness (QED) is 0.729. The summed E-state index contributed by atoms with van der Waals surface area (Å²) < 4.78 is 0. The zero-order valence-corrected chi connectivity index (χ0v) is 9.28. The van der Waals surface area contributed by atoms with Crippen molar-refractivity contribution < 1.29 is 4.79 Å². The van der Waals surface area contributed by atoms with Crippen LogP contribution < -0.4 is 10.6 Å². The van der Waals surface area contributed by atoms with E-state index in [0.717, 1.165) is 43.6 Å². The van der Waals surface area contributed by atoms with Gasteiger partial charge in [0.25, 0.3) is 0 Å². The van der Waals surface area contributed by atoms with Gasteiger partial charge in [0.05, 0.1) is 0 Å². The van der Waals surface area contributed by atoms with Gasteiger partial charge in [-0.2, -0.15) is 0 Å². The Morgan fingerprint density at radius 1 is 1.38 bits per heavy atom. The second kappa shape index (κ2) is 3.51. The number of carbonyl (C=O) groups excluding carboxylic acids is 1. The predicted molar refractivity (Wildman–Crippen MR) is 64.3 cm³/mol. The van der Waals surface area contributed by atoms with Gasteiger partial charge in [0.2, 0.25) is 5.91 Å². The second-order valence-electron chi connectivity index (χ2n) is 4.76. The number of hydrogen-bond donors (Lipinski definition) is 1. The van der Waals surface area contributed by atoms with Crippen LogP contribution in [0.5, 0.6) is 0 Å². The van der Waals surface area contributed by atoms with Crippen LogP contribution in [0.1, 0.15) is 24.8 Å². The molecule has 1 fully saturated rings. The van der Waals surface area contributed by atoms with Crippen molar-refractivity contribution in [2.75, 3.05) is 17.2 Å². The van der Waals surface area contributed by atoms with E-state index in [-0.39, 0.29) is 5.92 Å². The number of aryl methyl sites for hydroxylation is 1. The van der Waals surface area contributed by atoms with Gasteiger partial charge >= 0.3 is 0 Å². The first kappa shape index (κ1) is 9.70. The maximum atomic E-state index is 12.1. The fourth-order valence-electron chi connectivity index (χ4n) is 2.37. The molecule has 2 aliphatic rings. The van der Waals surface area contributed by atoms with Crippen LogP contribution in [0.15, 0.2) is 18.2 Å². The fraction of sp³-hybridized carbons (Fsp3) is 0.462. The van der Waals surface area contributed by atoms with Crippen molar-refractivity contribution in [1.29, 1.82) is 0 Å². The van der Waals surface area contributed by atoms with Crippen LogP contribution in [-0.4, -0.2) is 12.5 Å². The molecule has 1 saturated carbocycles. The Balaban J connectivity index is 1.97. The van der Waals surface area contributed by atoms with Crippen molar-refractivity contribution in [3.05, 3.63) is 23.8 Å². The molecule has 0 saturated heterocycles. The summed E-state index contributed by atoms with van der Waals surface area (Å²) >= 11 is 0. The van der Waals surface area contributed by atoms with Gasteiger partial charge in [0.1, 0.15) is 0 Å². The maximum Gasteiger partial charge on any atom is 0.230 e. The average Bonchev–Trinajstić information content (AvgIpc) is 3.11. The molecule has 16 heavy (non-hydrogen) atoms. The lowest BCUT2D eigenvalue weighted by Crippen LogP contribution is -2.36. The van der Waals surface area contributed by atoms with Crippen LogP contribution in [-0.2, 0) is 11.2 Å². The first-order valence-electron chi connectivity index (χ1n) is 5.95. The van der Waals surface area contributed by atoms with Crippen LogP contribution in [0.4, 0.5) is 11.4 Å². The first-order valence-corrected chi connectivity index (χ1v) is 5.95. The van der Waals surface area contributed by atoms with E-state index in [1.165, 1.54) is 5.56 Å². The Kier molecular flexibility index (Phi) is 2.13. The number of anilines is 2. The van der Waals surface area contributed by atoms with Crippen molar-refractivity contribution in [3.8, 4) is 0 Å². The summed E-state index contributed by atoms with van der Waals surface area (Å²) in [6.45, 7) is 0.853. The number of rotatable bonds is 1. The lowest BCUT2D eigenvalue weighted by atomic mass is 10.0. The van der Waals surface area contributed by atoms with Crippen LogP contribution >= 0.6 is 0 Å². The van der Waals surface area contributed by atoms with Crippen molar-refractivity contribution in [2.24, 2.45) is 5.92 Å². The minimum atomic E-state index is 0.285. The third-order valence-corrected chi connectivity index (χ3v) is 3.42. The highest BCUT2D eigenvalue weighted by Gasteiger charge is 2.35. The van der Waals surface area contributed by atoms with Crippen LogP contribution in [0.25, 0.3) is 0 Å². The summed E-state index contributed by atoms with van der Waals surface area (Å²) in [4.78, 5) is 14.1. The molecule has 0 bridgehead atoms. The molecule has 1 aromatic carbocycles. The minimum Gasteiger partial charge on any atom is -0.399 e. The number of nitrogen functional groups attached to an aromatic ring is 1. The van der Waals surface area contributed by atoms with E-state index in [0.29, 0.717) is 5.91 Å². The van der Waals surface area contributed by atoms with Gasteiger partial charge in [-0.3, -0.25) is 4.79 Å². The van der Waals surface area contributed by atoms with Gasteiger partial charge in [-0.15, -0.1) is 0 Å². The zero-order valence-electron chi connectivity index (χ0n) is 9.28. The highest BCUT2D eigenvalue weighted by atomic mass is 16.2. The molecule has 0 radical (unpaired) electrons. The SMILES string of the molecule is Nc1ccc2c(c1)N(C(=O)C1CC1)CCC2. The molecule has 0 spiro atoms. The normalized spacial score (nSPS) is 19.4. The monoisotopic (exact) mass is 216 g/mol. The van der Waals surface area contributed by atoms with E-state index in [1.54, 1.807) is 0 Å². The van der Waals surface area contributed by atoms with Gasteiger partial charge in [-0.05, 0) is 43.4 Å². The van der Waals surface area contributed by atoms with E-state index < -0.39 is 0 Å². The number of carbonyl (C=O) groups is 1. The van der Waals surface area contributed by atoms with Gasteiger partial charge in [0, 0.05) is 23.8 Å². The van der Waals surface area contributed by atoms with E-state index >= 15 is 0 Å². The van der Waals surface area contributed by atoms with Gasteiger partial charge in [-0.25, -0.2) is 0 Å². The van der Waals surface area contributed by atoms with Crippen molar-refractivity contribution in [3.63, 3.8) is 0 Å². The summed E-state index contributed by atoms with van der Waals surface area (Å²) in [5.41, 5.74) is 8.85. The highest BCUT2D eigenvalue weighted by molar-refractivity contribution is 5.97. The fourth-order valence-corrected chi connectivity index (χ4v) is 2.37. The second-order valence-corrected chi connectivity index (χ2v) is 4.76. The number of nitrogens with zero attached hydrogens (tertiary/aromatic N) is 1. The molecule has 3 heteroatoms. The Hall–Kier alpha value is -1.51. The number of hydrogen-bond acceptors (Lipinski definition) is 2. The molecular formula is C13H16N2O. The Labute approximate surface area is 95.2 Å². The molecule has 0 aromatic heterocycles. The van der Waals surface area contributed by atoms with Crippen LogP contribution in [0.3, 0.4) is 0 Å². The van der Waals surface area contributed by atoms with Gasteiger partial charge < -0.3 is 10.6 Å². The Morgan fingerprint density at radius 3 is 2.94 bits per heavy atom. The third kappa shape index (κ3) is 1.56. The summed E-state index contributed by atoms with van der Waals surface area (Å²) in [5, 5.41) is 0. The minimum absolute atomic E-state index is 0.285. The topological polar surface area (TPSA) is 46.3 Å². The number of amides is 1. The lowest BCUT2D eigenvalue weighted by molar-refractivity contribution is -0.119. The largest absolute Gasteiger partial charge is 0.399 e. The molecule has 1 aliphatic carbocycles. The standard InChI is InChI=1S/C13H16N2O/c14-11-6-5-9-2-1-7-15(12(9)8-11)13(16)10-3-4-10/h5-6,8,10H,1-4,7,14H2. The number of nitrogens with two attached hydrogens (primary N) is 1. The molecule has 84 valence electrons. The Morgan fingerprint density at radius 2 is 2.19 bits per heavy atom. The predicted octanol–water partition coefficient (Wildman–Crippen LogP) is 1.96. The molecular weight excluding hydrogens is 200 g/mol. The van der Waals surface area contributed by atoms with Gasteiger partial charge in [0.15, 0.2) is 0 Å². The van der Waals surface area contributed by atoms with E-state index in [9.17, 15) is 4.79 Å². The van der Waals surface area contributed by atoms with Crippen LogP contribution in [0, 0.1) is 5.92 Å². The van der Waals surface area contributed by atoms with E-state index in [4.69, 9.17) is 5.73 Å². The summed E-state index contributed by atoms with van der Waals surface area (Å²) in [5.74, 6) is 0.582. The molecule has 0 unspecified atom stereocenters. The average molecular weight is 216 g/mol. The Bertz CT molecular complexity index is 438. The van der Waals surface area contributed by atoms with E-state index in [2.05, 4.69) is 6.07 Å². The highest BCUT2D eigenvalue weighted by Crippen LogP contribution is 2.36. The first-order chi connectivity index (χ1) is 7.75. The summed E-state index contributed by atoms with van der Waals surface area (Å²) in [6, 6.07) is 5.91. The smallest absolute Gasteiger partial charge is 0.230 e. The molecule has 3 nitrogen and oxygen atoms in total. The molecule has 1 aliphatic heterocycles. The van der Waals surface area contributed by atoms with Gasteiger partial charge in [-0.1, -0.05) is 6.07 Å². The van der Waals surface area contributed by atoms with Crippen molar-refractivity contribution >= 4 is 17.3 Å². The lowest BCUT2D eigenvalue weighted by Gasteiger charge is -2.29. The molecule has 3 rings (SSSR count).